The Morgan fingerprint density at radius 3 is 2.41 bits per heavy atom. The first-order valence-corrected chi connectivity index (χ1v) is 7.51. The van der Waals surface area contributed by atoms with Gasteiger partial charge in [0.25, 0.3) is 0 Å². The molecule has 0 aromatic heterocycles. The van der Waals surface area contributed by atoms with Crippen LogP contribution in [0.5, 0.6) is 5.75 Å². The Balaban J connectivity index is 2.42. The molecule has 0 radical (unpaired) electrons. The number of esters is 2. The van der Waals surface area contributed by atoms with Crippen molar-refractivity contribution in [2.24, 2.45) is 5.92 Å². The topological polar surface area (TPSA) is 52.6 Å². The summed E-state index contributed by atoms with van der Waals surface area (Å²) in [5.41, 5.74) is 0. The maximum absolute atomic E-state index is 13.4. The van der Waals surface area contributed by atoms with Crippen LogP contribution >= 0.6 is 11.6 Å². The summed E-state index contributed by atoms with van der Waals surface area (Å²) >= 11 is 5.74. The van der Waals surface area contributed by atoms with Crippen molar-refractivity contribution in [3.05, 3.63) is 29.0 Å². The van der Waals surface area contributed by atoms with Gasteiger partial charge in [-0.3, -0.25) is 9.59 Å². The first-order chi connectivity index (χ1) is 10.3. The van der Waals surface area contributed by atoms with Gasteiger partial charge in [-0.25, -0.2) is 4.39 Å². The van der Waals surface area contributed by atoms with Crippen molar-refractivity contribution in [1.82, 2.24) is 0 Å². The van der Waals surface area contributed by atoms with Crippen LogP contribution in [0.25, 0.3) is 0 Å². The smallest absolute Gasteiger partial charge is 0.311 e. The standard InChI is InChI=1S/C16H20ClFO4/c1-10(2)9-11(3)21-14(19)7-8-15(20)22-16-12(17)5-4-6-13(16)18/h4-6,10-11H,7-9H2,1-3H3. The Kier molecular flexibility index (Phi) is 7.32. The first kappa shape index (κ1) is 18.4. The average molecular weight is 331 g/mol. The molecule has 0 amide bonds. The molecule has 1 rings (SSSR count). The molecule has 0 N–H and O–H groups in total. The first-order valence-electron chi connectivity index (χ1n) is 7.13. The molecule has 0 spiro atoms. The Morgan fingerprint density at radius 2 is 1.82 bits per heavy atom. The summed E-state index contributed by atoms with van der Waals surface area (Å²) in [4.78, 5) is 23.2. The van der Waals surface area contributed by atoms with Crippen LogP contribution in [0.4, 0.5) is 4.39 Å². The highest BCUT2D eigenvalue weighted by Crippen LogP contribution is 2.27. The van der Waals surface area contributed by atoms with Crippen molar-refractivity contribution in [2.75, 3.05) is 0 Å². The molecule has 0 aliphatic heterocycles. The molecule has 0 saturated carbocycles. The van der Waals surface area contributed by atoms with E-state index >= 15 is 0 Å². The van der Waals surface area contributed by atoms with Crippen LogP contribution in [0.3, 0.4) is 0 Å². The maximum Gasteiger partial charge on any atom is 0.311 e. The van der Waals surface area contributed by atoms with Crippen LogP contribution in [0, 0.1) is 11.7 Å². The van der Waals surface area contributed by atoms with Crippen LogP contribution < -0.4 is 4.74 Å². The third kappa shape index (κ3) is 6.43. The molecule has 0 fully saturated rings. The minimum atomic E-state index is -0.736. The molecule has 1 aromatic carbocycles. The van der Waals surface area contributed by atoms with Gasteiger partial charge in [-0.15, -0.1) is 0 Å². The Morgan fingerprint density at radius 1 is 1.18 bits per heavy atom. The summed E-state index contributed by atoms with van der Waals surface area (Å²) in [6.45, 7) is 5.86. The van der Waals surface area contributed by atoms with Crippen LogP contribution in [-0.2, 0) is 14.3 Å². The zero-order chi connectivity index (χ0) is 16.7. The van der Waals surface area contributed by atoms with Crippen LogP contribution in [0.2, 0.25) is 5.02 Å². The number of halogens is 2. The molecule has 0 heterocycles. The largest absolute Gasteiger partial charge is 0.463 e. The highest BCUT2D eigenvalue weighted by atomic mass is 35.5. The van der Waals surface area contributed by atoms with Gasteiger partial charge in [0.15, 0.2) is 11.6 Å². The molecule has 6 heteroatoms. The maximum atomic E-state index is 13.4. The minimum Gasteiger partial charge on any atom is -0.463 e. The molecule has 1 atom stereocenters. The number of hydrogen-bond acceptors (Lipinski definition) is 4. The van der Waals surface area contributed by atoms with E-state index in [1.807, 2.05) is 13.8 Å². The van der Waals surface area contributed by atoms with E-state index in [4.69, 9.17) is 21.1 Å². The number of carbonyl (C=O) groups is 2. The lowest BCUT2D eigenvalue weighted by atomic mass is 10.1. The van der Waals surface area contributed by atoms with Crippen molar-refractivity contribution in [2.45, 2.75) is 46.1 Å². The van der Waals surface area contributed by atoms with Crippen molar-refractivity contribution >= 4 is 23.5 Å². The van der Waals surface area contributed by atoms with E-state index < -0.39 is 17.8 Å². The molecular weight excluding hydrogens is 311 g/mol. The number of hydrogen-bond donors (Lipinski definition) is 0. The number of rotatable bonds is 7. The number of carbonyl (C=O) groups excluding carboxylic acids is 2. The molecule has 0 saturated heterocycles. The molecule has 4 nitrogen and oxygen atoms in total. The van der Waals surface area contributed by atoms with Crippen molar-refractivity contribution in [1.29, 1.82) is 0 Å². The molecule has 0 bridgehead atoms. The zero-order valence-electron chi connectivity index (χ0n) is 12.9. The van der Waals surface area contributed by atoms with Crippen molar-refractivity contribution in [3.8, 4) is 5.75 Å². The van der Waals surface area contributed by atoms with E-state index in [9.17, 15) is 14.0 Å². The summed E-state index contributed by atoms with van der Waals surface area (Å²) in [5, 5.41) is 0.00137. The van der Waals surface area contributed by atoms with E-state index in [1.165, 1.54) is 12.1 Å². The van der Waals surface area contributed by atoms with E-state index in [0.29, 0.717) is 5.92 Å². The highest BCUT2D eigenvalue weighted by molar-refractivity contribution is 6.32. The molecular formula is C16H20ClFO4. The average Bonchev–Trinajstić information content (AvgIpc) is 2.39. The van der Waals surface area contributed by atoms with Crippen molar-refractivity contribution in [3.63, 3.8) is 0 Å². The molecule has 1 aromatic rings. The van der Waals surface area contributed by atoms with E-state index in [0.717, 1.165) is 12.5 Å². The number of ether oxygens (including phenoxy) is 2. The second-order valence-electron chi connectivity index (χ2n) is 5.45. The zero-order valence-corrected chi connectivity index (χ0v) is 13.7. The Bertz CT molecular complexity index is 511. The molecule has 0 aliphatic carbocycles. The second kappa shape index (κ2) is 8.73. The lowest BCUT2D eigenvalue weighted by molar-refractivity contribution is -0.151. The predicted molar refractivity (Wildman–Crippen MR) is 81.3 cm³/mol. The van der Waals surface area contributed by atoms with Gasteiger partial charge in [0, 0.05) is 0 Å². The van der Waals surface area contributed by atoms with Gasteiger partial charge < -0.3 is 9.47 Å². The highest BCUT2D eigenvalue weighted by Gasteiger charge is 2.16. The lowest BCUT2D eigenvalue weighted by Crippen LogP contribution is -2.18. The molecule has 1 unspecified atom stereocenters. The van der Waals surface area contributed by atoms with Crippen LogP contribution in [-0.4, -0.2) is 18.0 Å². The van der Waals surface area contributed by atoms with Gasteiger partial charge in [0.1, 0.15) is 0 Å². The van der Waals surface area contributed by atoms with E-state index in [2.05, 4.69) is 0 Å². The molecule has 122 valence electrons. The summed E-state index contributed by atoms with van der Waals surface area (Å²) in [6, 6.07) is 3.95. The summed E-state index contributed by atoms with van der Waals surface area (Å²) < 4.78 is 23.5. The fourth-order valence-corrected chi connectivity index (χ4v) is 2.15. The monoisotopic (exact) mass is 330 g/mol. The van der Waals surface area contributed by atoms with Crippen LogP contribution in [0.1, 0.15) is 40.0 Å². The van der Waals surface area contributed by atoms with Gasteiger partial charge >= 0.3 is 11.9 Å². The molecule has 22 heavy (non-hydrogen) atoms. The summed E-state index contributed by atoms with van der Waals surface area (Å²) in [5.74, 6) is -1.86. The van der Waals surface area contributed by atoms with Gasteiger partial charge in [0.2, 0.25) is 0 Å². The fraction of sp³-hybridized carbons (Fsp3) is 0.500. The minimum absolute atomic E-state index is 0.00137. The normalized spacial score (nSPS) is 12.1. The van der Waals surface area contributed by atoms with E-state index in [1.54, 1.807) is 6.92 Å². The Hall–Kier alpha value is -1.62. The predicted octanol–water partition coefficient (Wildman–Crippen LogP) is 4.14. The van der Waals surface area contributed by atoms with Gasteiger partial charge in [0.05, 0.1) is 24.0 Å². The Labute approximate surface area is 134 Å². The second-order valence-corrected chi connectivity index (χ2v) is 5.86. The third-order valence-corrected chi connectivity index (χ3v) is 3.10. The summed E-state index contributed by atoms with van der Waals surface area (Å²) in [6.07, 6.45) is 0.233. The van der Waals surface area contributed by atoms with Gasteiger partial charge in [-0.2, -0.15) is 0 Å². The van der Waals surface area contributed by atoms with Gasteiger partial charge in [-0.05, 0) is 31.4 Å². The van der Waals surface area contributed by atoms with Gasteiger partial charge in [-0.1, -0.05) is 31.5 Å². The van der Waals surface area contributed by atoms with Crippen LogP contribution in [0.15, 0.2) is 18.2 Å². The van der Waals surface area contributed by atoms with E-state index in [-0.39, 0.29) is 29.7 Å². The fourth-order valence-electron chi connectivity index (χ4n) is 1.94. The molecule has 0 aliphatic rings. The lowest BCUT2D eigenvalue weighted by Gasteiger charge is -2.15. The quantitative estimate of drug-likeness (QED) is 0.557. The van der Waals surface area contributed by atoms with Crippen molar-refractivity contribution < 1.29 is 23.5 Å². The summed E-state index contributed by atoms with van der Waals surface area (Å²) in [7, 11) is 0. The number of para-hydroxylation sites is 1. The number of benzene rings is 1. The third-order valence-electron chi connectivity index (χ3n) is 2.80. The SMILES string of the molecule is CC(C)CC(C)OC(=O)CCC(=O)Oc1c(F)cccc1Cl.